The number of ether oxygens (including phenoxy) is 1. The highest BCUT2D eigenvalue weighted by Crippen LogP contribution is 2.22. The summed E-state index contributed by atoms with van der Waals surface area (Å²) < 4.78 is 7.05. The van der Waals surface area contributed by atoms with E-state index in [2.05, 4.69) is 63.0 Å². The molecule has 1 rings (SSSR count). The Kier molecular flexibility index (Phi) is 8.99. The summed E-state index contributed by atoms with van der Waals surface area (Å²) in [4.78, 5) is 0. The molecule has 1 aromatic rings. The third-order valence-electron chi connectivity index (χ3n) is 2.95. The molecule has 1 atom stereocenters. The number of hydrogen-bond acceptors (Lipinski definition) is 1. The van der Waals surface area contributed by atoms with Crippen LogP contribution in [0.2, 0.25) is 0 Å². The van der Waals surface area contributed by atoms with Crippen LogP contribution in [0.3, 0.4) is 0 Å². The third-order valence-corrected chi connectivity index (χ3v) is 4.07. The van der Waals surface area contributed by atoms with Crippen molar-refractivity contribution in [2.45, 2.75) is 45.1 Å². The first-order valence-electron chi connectivity index (χ1n) is 6.71. The Morgan fingerprint density at radius 1 is 1.06 bits per heavy atom. The van der Waals surface area contributed by atoms with E-state index >= 15 is 0 Å². The first kappa shape index (κ1) is 16.2. The smallest absolute Gasteiger partial charge is 0.0921 e. The van der Waals surface area contributed by atoms with Crippen LogP contribution in [0.25, 0.3) is 0 Å². The lowest BCUT2D eigenvalue weighted by Crippen LogP contribution is -2.07. The van der Waals surface area contributed by atoms with E-state index in [1.54, 1.807) is 0 Å². The van der Waals surface area contributed by atoms with Crippen LogP contribution in [0.1, 0.15) is 50.7 Å². The Labute approximate surface area is 128 Å². The summed E-state index contributed by atoms with van der Waals surface area (Å²) in [5.41, 5.74) is 1.24. The number of hydrogen-bond donors (Lipinski definition) is 0. The van der Waals surface area contributed by atoms with Crippen LogP contribution < -0.4 is 0 Å². The Morgan fingerprint density at radius 2 is 1.72 bits per heavy atom. The standard InChI is InChI=1S/C15H22Br2O/c1-2-3-4-5-6-11-18-15(12-16)13-7-9-14(17)10-8-13/h7-10,15H,2-6,11-12H2,1H3. The van der Waals surface area contributed by atoms with Gasteiger partial charge in [0.2, 0.25) is 0 Å². The second-order valence-corrected chi connectivity index (χ2v) is 6.04. The topological polar surface area (TPSA) is 9.23 Å². The maximum atomic E-state index is 5.94. The summed E-state index contributed by atoms with van der Waals surface area (Å²) in [6.07, 6.45) is 6.59. The van der Waals surface area contributed by atoms with Gasteiger partial charge in [-0.2, -0.15) is 0 Å². The highest BCUT2D eigenvalue weighted by atomic mass is 79.9. The van der Waals surface area contributed by atoms with E-state index in [0.29, 0.717) is 0 Å². The number of unbranched alkanes of at least 4 members (excludes halogenated alkanes) is 4. The van der Waals surface area contributed by atoms with Gasteiger partial charge in [-0.1, -0.05) is 76.6 Å². The van der Waals surface area contributed by atoms with Crippen LogP contribution in [-0.2, 0) is 4.74 Å². The molecular weight excluding hydrogens is 356 g/mol. The molecule has 0 saturated carbocycles. The van der Waals surface area contributed by atoms with Gasteiger partial charge in [0, 0.05) is 16.4 Å². The molecule has 0 saturated heterocycles. The average molecular weight is 378 g/mol. The summed E-state index contributed by atoms with van der Waals surface area (Å²) in [6, 6.07) is 8.37. The van der Waals surface area contributed by atoms with E-state index in [-0.39, 0.29) is 6.10 Å². The molecule has 0 bridgehead atoms. The molecule has 0 N–H and O–H groups in total. The van der Waals surface area contributed by atoms with Crippen LogP contribution >= 0.6 is 31.9 Å². The molecule has 0 aromatic heterocycles. The molecule has 0 aliphatic heterocycles. The van der Waals surface area contributed by atoms with E-state index in [1.807, 2.05) is 0 Å². The van der Waals surface area contributed by atoms with E-state index in [9.17, 15) is 0 Å². The lowest BCUT2D eigenvalue weighted by molar-refractivity contribution is 0.0667. The molecule has 3 heteroatoms. The van der Waals surface area contributed by atoms with Gasteiger partial charge in [-0.05, 0) is 24.1 Å². The van der Waals surface area contributed by atoms with Gasteiger partial charge in [-0.15, -0.1) is 0 Å². The van der Waals surface area contributed by atoms with Crippen molar-refractivity contribution in [2.24, 2.45) is 0 Å². The second kappa shape index (κ2) is 9.99. The fourth-order valence-corrected chi connectivity index (χ4v) is 2.66. The summed E-state index contributed by atoms with van der Waals surface area (Å²) >= 11 is 6.98. The zero-order valence-corrected chi connectivity index (χ0v) is 14.2. The van der Waals surface area contributed by atoms with E-state index < -0.39 is 0 Å². The van der Waals surface area contributed by atoms with Gasteiger partial charge in [-0.25, -0.2) is 0 Å². The Bertz CT molecular complexity index is 311. The molecule has 18 heavy (non-hydrogen) atoms. The van der Waals surface area contributed by atoms with E-state index in [0.717, 1.165) is 16.4 Å². The molecule has 0 aliphatic rings. The van der Waals surface area contributed by atoms with Crippen LogP contribution in [0, 0.1) is 0 Å². The Balaban J connectivity index is 2.27. The second-order valence-electron chi connectivity index (χ2n) is 4.48. The van der Waals surface area contributed by atoms with Gasteiger partial charge in [0.05, 0.1) is 6.10 Å². The lowest BCUT2D eigenvalue weighted by Gasteiger charge is -2.16. The molecular formula is C15H22Br2O. The number of halogens is 2. The van der Waals surface area contributed by atoms with Crippen molar-refractivity contribution >= 4 is 31.9 Å². The molecule has 1 aromatic carbocycles. The van der Waals surface area contributed by atoms with Crippen LogP contribution in [-0.4, -0.2) is 11.9 Å². The maximum absolute atomic E-state index is 5.94. The monoisotopic (exact) mass is 376 g/mol. The zero-order valence-electron chi connectivity index (χ0n) is 11.0. The van der Waals surface area contributed by atoms with Gasteiger partial charge in [0.1, 0.15) is 0 Å². The summed E-state index contributed by atoms with van der Waals surface area (Å²) in [6.45, 7) is 3.10. The van der Waals surface area contributed by atoms with Crippen LogP contribution in [0.5, 0.6) is 0 Å². The molecule has 0 heterocycles. The van der Waals surface area contributed by atoms with E-state index in [1.165, 1.54) is 37.7 Å². The number of alkyl halides is 1. The Hall–Kier alpha value is 0.140. The van der Waals surface area contributed by atoms with Crippen molar-refractivity contribution in [3.8, 4) is 0 Å². The van der Waals surface area contributed by atoms with Crippen LogP contribution in [0.15, 0.2) is 28.7 Å². The quantitative estimate of drug-likeness (QED) is 0.386. The molecule has 1 unspecified atom stereocenters. The highest BCUT2D eigenvalue weighted by molar-refractivity contribution is 9.10. The summed E-state index contributed by atoms with van der Waals surface area (Å²) in [5.74, 6) is 0. The fourth-order valence-electron chi connectivity index (χ4n) is 1.84. The predicted octanol–water partition coefficient (Wildman–Crippen LogP) is 5.87. The fraction of sp³-hybridized carbons (Fsp3) is 0.600. The maximum Gasteiger partial charge on any atom is 0.0921 e. The molecule has 1 nitrogen and oxygen atoms in total. The summed E-state index contributed by atoms with van der Waals surface area (Å²) in [7, 11) is 0. The van der Waals surface area contributed by atoms with Gasteiger partial charge in [0.25, 0.3) is 0 Å². The van der Waals surface area contributed by atoms with Crippen molar-refractivity contribution in [3.05, 3.63) is 34.3 Å². The SMILES string of the molecule is CCCCCCCOC(CBr)c1ccc(Br)cc1. The van der Waals surface area contributed by atoms with Crippen LogP contribution in [0.4, 0.5) is 0 Å². The van der Waals surface area contributed by atoms with Crippen molar-refractivity contribution < 1.29 is 4.74 Å². The molecule has 0 amide bonds. The Morgan fingerprint density at radius 3 is 2.33 bits per heavy atom. The molecule has 102 valence electrons. The molecule has 0 aliphatic carbocycles. The third kappa shape index (κ3) is 6.35. The van der Waals surface area contributed by atoms with Gasteiger partial charge < -0.3 is 4.74 Å². The lowest BCUT2D eigenvalue weighted by atomic mass is 10.1. The normalized spacial score (nSPS) is 12.6. The first-order valence-corrected chi connectivity index (χ1v) is 8.62. The highest BCUT2D eigenvalue weighted by Gasteiger charge is 2.09. The summed E-state index contributed by atoms with van der Waals surface area (Å²) in [5, 5.41) is 0.851. The van der Waals surface area contributed by atoms with E-state index in [4.69, 9.17) is 4.74 Å². The zero-order chi connectivity index (χ0) is 13.2. The van der Waals surface area contributed by atoms with Gasteiger partial charge >= 0.3 is 0 Å². The number of benzene rings is 1. The average Bonchev–Trinajstić information content (AvgIpc) is 2.39. The van der Waals surface area contributed by atoms with Gasteiger partial charge in [-0.3, -0.25) is 0 Å². The molecule has 0 fully saturated rings. The van der Waals surface area contributed by atoms with Crippen molar-refractivity contribution in [2.75, 3.05) is 11.9 Å². The molecule has 0 radical (unpaired) electrons. The molecule has 0 spiro atoms. The largest absolute Gasteiger partial charge is 0.373 e. The minimum absolute atomic E-state index is 0.171. The first-order chi connectivity index (χ1) is 8.77. The minimum atomic E-state index is 0.171. The minimum Gasteiger partial charge on any atom is -0.373 e. The van der Waals surface area contributed by atoms with Crippen molar-refractivity contribution in [1.29, 1.82) is 0 Å². The van der Waals surface area contributed by atoms with Crippen molar-refractivity contribution in [3.63, 3.8) is 0 Å². The number of rotatable bonds is 9. The van der Waals surface area contributed by atoms with Gasteiger partial charge in [0.15, 0.2) is 0 Å². The van der Waals surface area contributed by atoms with Crippen molar-refractivity contribution in [1.82, 2.24) is 0 Å². The predicted molar refractivity (Wildman–Crippen MR) is 85.4 cm³/mol.